The van der Waals surface area contributed by atoms with Gasteiger partial charge in [0, 0.05) is 39.8 Å². The first kappa shape index (κ1) is 17.7. The topological polar surface area (TPSA) is 95.8 Å². The van der Waals surface area contributed by atoms with Crippen LogP contribution >= 0.6 is 0 Å². The highest BCUT2D eigenvalue weighted by molar-refractivity contribution is 5.90. The summed E-state index contributed by atoms with van der Waals surface area (Å²) in [5, 5.41) is 11.7. The number of piperidine rings is 1. The zero-order valence-electron chi connectivity index (χ0n) is 16.1. The molecule has 1 fully saturated rings. The number of fused-ring (bicyclic) bond motifs is 1. The second-order valence-electron chi connectivity index (χ2n) is 8.67. The van der Waals surface area contributed by atoms with E-state index in [-0.39, 0.29) is 28.9 Å². The van der Waals surface area contributed by atoms with Crippen molar-refractivity contribution in [2.75, 3.05) is 0 Å². The first-order chi connectivity index (χ1) is 12.7. The van der Waals surface area contributed by atoms with Gasteiger partial charge in [-0.15, -0.1) is 0 Å². The molecule has 3 N–H and O–H groups in total. The summed E-state index contributed by atoms with van der Waals surface area (Å²) in [4.78, 5) is 20.1. The van der Waals surface area contributed by atoms with Crippen molar-refractivity contribution in [2.24, 2.45) is 0 Å². The second kappa shape index (κ2) is 6.20. The summed E-state index contributed by atoms with van der Waals surface area (Å²) < 4.78 is 5.22. The Hall–Kier alpha value is -2.67. The van der Waals surface area contributed by atoms with E-state index < -0.39 is 0 Å². The van der Waals surface area contributed by atoms with Crippen LogP contribution in [0.2, 0.25) is 0 Å². The van der Waals surface area contributed by atoms with Crippen molar-refractivity contribution in [3.63, 3.8) is 0 Å². The molecule has 2 aromatic heterocycles. The molecule has 7 heteroatoms. The highest BCUT2D eigenvalue weighted by atomic mass is 16.5. The van der Waals surface area contributed by atoms with Crippen molar-refractivity contribution >= 4 is 16.8 Å². The van der Waals surface area contributed by atoms with Crippen LogP contribution in [0.15, 0.2) is 35.0 Å². The van der Waals surface area contributed by atoms with Crippen molar-refractivity contribution in [3.05, 3.63) is 36.4 Å². The Morgan fingerprint density at radius 2 is 1.93 bits per heavy atom. The molecule has 0 saturated carbocycles. The van der Waals surface area contributed by atoms with Crippen molar-refractivity contribution < 1.29 is 9.32 Å². The van der Waals surface area contributed by atoms with Crippen LogP contribution < -0.4 is 10.6 Å². The number of benzene rings is 1. The fourth-order valence-electron chi connectivity index (χ4n) is 4.30. The highest BCUT2D eigenvalue weighted by Gasteiger charge is 2.38. The quantitative estimate of drug-likeness (QED) is 0.660. The van der Waals surface area contributed by atoms with Gasteiger partial charge in [-0.1, -0.05) is 5.16 Å². The Kier molecular flexibility index (Phi) is 4.07. The number of carbonyl (C=O) groups excluding carboxylic acids is 1. The smallest absolute Gasteiger partial charge is 0.316 e. The van der Waals surface area contributed by atoms with Gasteiger partial charge in [-0.2, -0.15) is 4.98 Å². The lowest BCUT2D eigenvalue weighted by Crippen LogP contribution is -2.62. The van der Waals surface area contributed by atoms with Gasteiger partial charge in [0.05, 0.1) is 0 Å². The van der Waals surface area contributed by atoms with Gasteiger partial charge in [0.25, 0.3) is 0 Å². The Bertz CT molecular complexity index is 969. The Labute approximate surface area is 157 Å². The average molecular weight is 367 g/mol. The number of hydrogen-bond acceptors (Lipinski definition) is 5. The molecule has 1 aliphatic heterocycles. The molecule has 0 atom stereocenters. The third kappa shape index (κ3) is 3.73. The summed E-state index contributed by atoms with van der Waals surface area (Å²) in [6, 6.07) is 7.86. The fourth-order valence-corrected chi connectivity index (χ4v) is 4.30. The lowest BCUT2D eigenvalue weighted by Gasteiger charge is -2.46. The molecule has 0 bridgehead atoms. The number of aromatic nitrogens is 3. The third-order valence-electron chi connectivity index (χ3n) is 4.96. The molecular weight excluding hydrogens is 342 g/mol. The van der Waals surface area contributed by atoms with Crippen molar-refractivity contribution in [1.29, 1.82) is 0 Å². The standard InChI is InChI=1S/C20H25N5O2/c1-19(2)10-14(11-20(3,4)25-19)22-17(26)18-23-16(24-27-18)13-5-6-15-12(9-13)7-8-21-15/h5-9,14,21,25H,10-11H2,1-4H3,(H,22,26). The summed E-state index contributed by atoms with van der Waals surface area (Å²) >= 11 is 0. The summed E-state index contributed by atoms with van der Waals surface area (Å²) in [5.74, 6) is 0.0810. The molecule has 0 aliphatic carbocycles. The summed E-state index contributed by atoms with van der Waals surface area (Å²) in [6.45, 7) is 8.59. The number of H-pyrrole nitrogens is 1. The number of amides is 1. The minimum Gasteiger partial charge on any atom is -0.361 e. The molecule has 4 rings (SSSR count). The zero-order valence-corrected chi connectivity index (χ0v) is 16.1. The molecule has 142 valence electrons. The van der Waals surface area contributed by atoms with Crippen LogP contribution in [0.4, 0.5) is 0 Å². The molecule has 0 spiro atoms. The second-order valence-corrected chi connectivity index (χ2v) is 8.67. The molecular formula is C20H25N5O2. The van der Waals surface area contributed by atoms with Gasteiger partial charge in [-0.3, -0.25) is 4.79 Å². The fraction of sp³-hybridized carbons (Fsp3) is 0.450. The van der Waals surface area contributed by atoms with E-state index in [9.17, 15) is 4.79 Å². The van der Waals surface area contributed by atoms with Gasteiger partial charge < -0.3 is 20.1 Å². The first-order valence-electron chi connectivity index (χ1n) is 9.22. The molecule has 1 saturated heterocycles. The molecule has 0 radical (unpaired) electrons. The van der Waals surface area contributed by atoms with E-state index in [4.69, 9.17) is 4.52 Å². The van der Waals surface area contributed by atoms with E-state index in [2.05, 4.69) is 53.5 Å². The zero-order chi connectivity index (χ0) is 19.2. The Morgan fingerprint density at radius 1 is 1.19 bits per heavy atom. The van der Waals surface area contributed by atoms with Crippen LogP contribution in [-0.2, 0) is 0 Å². The molecule has 7 nitrogen and oxygen atoms in total. The molecule has 3 aromatic rings. The van der Waals surface area contributed by atoms with E-state index in [1.54, 1.807) is 0 Å². The lowest BCUT2D eigenvalue weighted by atomic mass is 9.79. The molecule has 1 amide bonds. The van der Waals surface area contributed by atoms with Crippen molar-refractivity contribution in [3.8, 4) is 11.4 Å². The van der Waals surface area contributed by atoms with Crippen LogP contribution in [0.5, 0.6) is 0 Å². The van der Waals surface area contributed by atoms with E-state index in [1.165, 1.54) is 0 Å². The van der Waals surface area contributed by atoms with E-state index >= 15 is 0 Å². The van der Waals surface area contributed by atoms with Gasteiger partial charge >= 0.3 is 11.8 Å². The van der Waals surface area contributed by atoms with Crippen LogP contribution in [-0.4, -0.2) is 38.2 Å². The SMILES string of the molecule is CC1(C)CC(NC(=O)c2nc(-c3ccc4[nH]ccc4c3)no2)CC(C)(C)N1. The predicted molar refractivity (Wildman–Crippen MR) is 103 cm³/mol. The highest BCUT2D eigenvalue weighted by Crippen LogP contribution is 2.28. The maximum Gasteiger partial charge on any atom is 0.316 e. The molecule has 3 heterocycles. The average Bonchev–Trinajstić information content (AvgIpc) is 3.20. The van der Waals surface area contributed by atoms with Gasteiger partial charge in [0.2, 0.25) is 5.82 Å². The van der Waals surface area contributed by atoms with Crippen molar-refractivity contribution in [1.82, 2.24) is 25.8 Å². The minimum absolute atomic E-state index is 0.00619. The molecule has 0 unspecified atom stereocenters. The molecule has 1 aliphatic rings. The van der Waals surface area contributed by atoms with Crippen molar-refractivity contribution in [2.45, 2.75) is 57.7 Å². The van der Waals surface area contributed by atoms with Crippen LogP contribution in [0.3, 0.4) is 0 Å². The summed E-state index contributed by atoms with van der Waals surface area (Å²) in [6.07, 6.45) is 3.56. The van der Waals surface area contributed by atoms with Gasteiger partial charge in [0.1, 0.15) is 0 Å². The van der Waals surface area contributed by atoms with Crippen LogP contribution in [0, 0.1) is 0 Å². The monoisotopic (exact) mass is 367 g/mol. The number of nitrogens with zero attached hydrogens (tertiary/aromatic N) is 2. The normalized spacial score (nSPS) is 19.3. The molecule has 1 aromatic carbocycles. The predicted octanol–water partition coefficient (Wildman–Crippen LogP) is 3.26. The lowest BCUT2D eigenvalue weighted by molar-refractivity contribution is 0.0830. The van der Waals surface area contributed by atoms with E-state index in [1.807, 2.05) is 30.5 Å². The maximum atomic E-state index is 12.6. The van der Waals surface area contributed by atoms with Gasteiger partial charge in [0.15, 0.2) is 0 Å². The Morgan fingerprint density at radius 3 is 2.67 bits per heavy atom. The number of carbonyl (C=O) groups is 1. The first-order valence-corrected chi connectivity index (χ1v) is 9.22. The number of rotatable bonds is 3. The number of hydrogen-bond donors (Lipinski definition) is 3. The summed E-state index contributed by atoms with van der Waals surface area (Å²) in [7, 11) is 0. The van der Waals surface area contributed by atoms with E-state index in [0.717, 1.165) is 29.3 Å². The largest absolute Gasteiger partial charge is 0.361 e. The molecule has 27 heavy (non-hydrogen) atoms. The number of aromatic amines is 1. The summed E-state index contributed by atoms with van der Waals surface area (Å²) in [5.41, 5.74) is 1.75. The van der Waals surface area contributed by atoms with Crippen LogP contribution in [0.1, 0.15) is 51.2 Å². The van der Waals surface area contributed by atoms with Gasteiger partial charge in [-0.05, 0) is 64.8 Å². The maximum absolute atomic E-state index is 12.6. The van der Waals surface area contributed by atoms with Gasteiger partial charge in [-0.25, -0.2) is 0 Å². The van der Waals surface area contributed by atoms with Crippen LogP contribution in [0.25, 0.3) is 22.3 Å². The minimum atomic E-state index is -0.324. The Balaban J connectivity index is 1.50. The third-order valence-corrected chi connectivity index (χ3v) is 4.96. The van der Waals surface area contributed by atoms with E-state index in [0.29, 0.717) is 5.82 Å². The number of nitrogens with one attached hydrogen (secondary N) is 3.